The zero-order valence-corrected chi connectivity index (χ0v) is 22.9. The van der Waals surface area contributed by atoms with Crippen molar-refractivity contribution in [2.45, 2.75) is 50.9 Å². The lowest BCUT2D eigenvalue weighted by Gasteiger charge is -2.31. The summed E-state index contributed by atoms with van der Waals surface area (Å²) in [5.41, 5.74) is 7.40. The van der Waals surface area contributed by atoms with Gasteiger partial charge in [-0.2, -0.15) is 23.3 Å². The van der Waals surface area contributed by atoms with Crippen LogP contribution in [0.3, 0.4) is 0 Å². The van der Waals surface area contributed by atoms with Gasteiger partial charge in [0, 0.05) is 29.4 Å². The molecule has 1 fully saturated rings. The zero-order valence-electron chi connectivity index (χ0n) is 21.3. The predicted octanol–water partition coefficient (Wildman–Crippen LogP) is 5.31. The van der Waals surface area contributed by atoms with Gasteiger partial charge in [0.05, 0.1) is 17.1 Å². The van der Waals surface area contributed by atoms with Gasteiger partial charge in [-0.25, -0.2) is 9.67 Å². The smallest absolute Gasteiger partial charge is 0.429 e. The number of allylic oxidation sites excluding steroid dienone is 2. The number of nitrogens with zero attached hydrogens (tertiary/aromatic N) is 4. The van der Waals surface area contributed by atoms with Crippen LogP contribution in [-0.4, -0.2) is 49.6 Å². The number of carboxylic acid groups (broad SMARTS) is 1. The maximum Gasteiger partial charge on any atom is 0.429 e. The van der Waals surface area contributed by atoms with Crippen molar-refractivity contribution in [3.63, 3.8) is 0 Å². The van der Waals surface area contributed by atoms with Gasteiger partial charge in [0.2, 0.25) is 17.9 Å². The van der Waals surface area contributed by atoms with E-state index >= 15 is 0 Å². The predicted molar refractivity (Wildman–Crippen MR) is 145 cm³/mol. The summed E-state index contributed by atoms with van der Waals surface area (Å²) >= 11 is 6.11. The molecule has 0 bridgehead atoms. The molecule has 3 atom stereocenters. The third kappa shape index (κ3) is 6.18. The normalized spacial score (nSPS) is 21.5. The van der Waals surface area contributed by atoms with Gasteiger partial charge in [0.1, 0.15) is 6.04 Å². The minimum atomic E-state index is -4.81. The maximum absolute atomic E-state index is 14.4. The first kappa shape index (κ1) is 29.6. The minimum Gasteiger partial charge on any atom is -0.480 e. The Balaban J connectivity index is 0.00000370. The Morgan fingerprint density at radius 3 is 2.67 bits per heavy atom. The number of nitrogens with one attached hydrogen (secondary N) is 1. The number of halogens is 5. The molecule has 2 aromatic heterocycles. The fourth-order valence-electron chi connectivity index (χ4n) is 5.20. The highest BCUT2D eigenvalue weighted by molar-refractivity contribution is 6.30. The molecule has 1 aliphatic heterocycles. The molecular formula is C26H27Cl2F3N6O3. The largest absolute Gasteiger partial charge is 0.480 e. The van der Waals surface area contributed by atoms with Gasteiger partial charge in [0.25, 0.3) is 0 Å². The van der Waals surface area contributed by atoms with Crippen LogP contribution in [0.5, 0.6) is 5.88 Å². The molecule has 214 valence electrons. The van der Waals surface area contributed by atoms with Gasteiger partial charge in [0.15, 0.2) is 0 Å². The summed E-state index contributed by atoms with van der Waals surface area (Å²) in [6.45, 7) is 2.31. The third-order valence-electron chi connectivity index (χ3n) is 7.19. The molecular weight excluding hydrogens is 572 g/mol. The van der Waals surface area contributed by atoms with E-state index in [0.717, 1.165) is 5.57 Å². The van der Waals surface area contributed by atoms with E-state index in [1.54, 1.807) is 19.2 Å². The zero-order chi connectivity index (χ0) is 27.9. The second-order valence-corrected chi connectivity index (χ2v) is 10.4. The van der Waals surface area contributed by atoms with E-state index in [-0.39, 0.29) is 45.9 Å². The Bertz CT molecular complexity index is 1450. The van der Waals surface area contributed by atoms with Crippen molar-refractivity contribution in [2.75, 3.05) is 12.3 Å². The first-order valence-electron chi connectivity index (χ1n) is 12.3. The summed E-state index contributed by atoms with van der Waals surface area (Å²) in [5, 5.41) is 16.8. The van der Waals surface area contributed by atoms with Gasteiger partial charge in [-0.3, -0.25) is 4.79 Å². The highest BCUT2D eigenvalue weighted by Gasteiger charge is 2.45. The molecule has 3 unspecified atom stereocenters. The summed E-state index contributed by atoms with van der Waals surface area (Å²) in [5.74, 6) is -1.43. The third-order valence-corrected chi connectivity index (χ3v) is 7.43. The summed E-state index contributed by atoms with van der Waals surface area (Å²) in [7, 11) is 0. The highest BCUT2D eigenvalue weighted by Crippen LogP contribution is 2.45. The van der Waals surface area contributed by atoms with Gasteiger partial charge < -0.3 is 20.9 Å². The molecule has 0 saturated carbocycles. The summed E-state index contributed by atoms with van der Waals surface area (Å²) in [6.07, 6.45) is -1.32. The van der Waals surface area contributed by atoms with Crippen LogP contribution >= 0.6 is 24.0 Å². The van der Waals surface area contributed by atoms with Crippen molar-refractivity contribution in [1.29, 1.82) is 0 Å². The van der Waals surface area contributed by atoms with Gasteiger partial charge >= 0.3 is 12.1 Å². The van der Waals surface area contributed by atoms with Gasteiger partial charge in [-0.1, -0.05) is 23.7 Å². The lowest BCUT2D eigenvalue weighted by Crippen LogP contribution is -2.30. The molecule has 0 radical (unpaired) electrons. The summed E-state index contributed by atoms with van der Waals surface area (Å²) < 4.78 is 49.9. The number of aryl methyl sites for hydroxylation is 1. The number of nitrogens with two attached hydrogens (primary N) is 1. The van der Waals surface area contributed by atoms with Crippen LogP contribution in [0.25, 0.3) is 11.3 Å². The number of aliphatic carboxylic acids is 1. The molecule has 1 aliphatic carbocycles. The minimum absolute atomic E-state index is 0. The number of benzene rings is 1. The Labute approximate surface area is 239 Å². The van der Waals surface area contributed by atoms with Crippen molar-refractivity contribution in [2.24, 2.45) is 5.41 Å². The van der Waals surface area contributed by atoms with E-state index < -0.39 is 24.3 Å². The highest BCUT2D eigenvalue weighted by atomic mass is 35.5. The number of hydrogen-bond acceptors (Lipinski definition) is 7. The van der Waals surface area contributed by atoms with E-state index in [4.69, 9.17) is 22.1 Å². The number of anilines is 1. The van der Waals surface area contributed by atoms with E-state index in [1.165, 1.54) is 28.9 Å². The van der Waals surface area contributed by atoms with Crippen molar-refractivity contribution in [3.05, 3.63) is 64.6 Å². The number of alkyl halides is 3. The quantitative estimate of drug-likeness (QED) is 0.348. The monoisotopic (exact) mass is 598 g/mol. The van der Waals surface area contributed by atoms with Crippen LogP contribution in [0.15, 0.2) is 42.6 Å². The van der Waals surface area contributed by atoms with Gasteiger partial charge in [-0.05, 0) is 61.8 Å². The van der Waals surface area contributed by atoms with Crippen LogP contribution in [0.1, 0.15) is 48.7 Å². The van der Waals surface area contributed by atoms with E-state index in [2.05, 4.69) is 20.4 Å². The number of hydrogen-bond donors (Lipinski definition) is 3. The van der Waals surface area contributed by atoms with Crippen molar-refractivity contribution in [3.8, 4) is 11.6 Å². The molecule has 2 aliphatic rings. The van der Waals surface area contributed by atoms with Crippen LogP contribution in [0, 0.1) is 12.3 Å². The molecule has 40 heavy (non-hydrogen) atoms. The molecule has 9 nitrogen and oxygen atoms in total. The van der Waals surface area contributed by atoms with E-state index in [1.807, 2.05) is 6.08 Å². The van der Waals surface area contributed by atoms with Gasteiger partial charge in [-0.15, -0.1) is 12.4 Å². The number of carboxylic acids is 1. The lowest BCUT2D eigenvalue weighted by molar-refractivity contribution is -0.198. The number of carbonyl (C=O) groups is 1. The molecule has 1 saturated heterocycles. The average molecular weight is 599 g/mol. The second kappa shape index (κ2) is 11.3. The SMILES string of the molecule is Cc1ccn(-c2cc(Cl)ccc2C(Oc2cc(C3=CCC4(CC3)CNC(C(=O)O)C4)nc(N)n2)C(F)(F)F)n1.Cl. The van der Waals surface area contributed by atoms with Crippen LogP contribution in [0.4, 0.5) is 19.1 Å². The van der Waals surface area contributed by atoms with Crippen LogP contribution in [0.2, 0.25) is 5.02 Å². The van der Waals surface area contributed by atoms with Crippen LogP contribution in [-0.2, 0) is 4.79 Å². The van der Waals surface area contributed by atoms with Crippen molar-refractivity contribution >= 4 is 41.5 Å². The average Bonchev–Trinajstić information content (AvgIpc) is 3.49. The molecule has 3 aromatic rings. The Morgan fingerprint density at radius 2 is 2.08 bits per heavy atom. The Kier molecular flexibility index (Phi) is 8.34. The number of ether oxygens (including phenoxy) is 1. The Morgan fingerprint density at radius 1 is 1.30 bits per heavy atom. The number of nitrogen functional groups attached to an aromatic ring is 1. The van der Waals surface area contributed by atoms with E-state index in [9.17, 15) is 23.1 Å². The maximum atomic E-state index is 14.4. The first-order chi connectivity index (χ1) is 18.4. The molecule has 5 rings (SSSR count). The second-order valence-electron chi connectivity index (χ2n) is 10.0. The van der Waals surface area contributed by atoms with Crippen molar-refractivity contribution < 1.29 is 27.8 Å². The molecule has 1 aromatic carbocycles. The number of aromatic nitrogens is 4. The molecule has 1 spiro atoms. The van der Waals surface area contributed by atoms with E-state index in [0.29, 0.717) is 43.6 Å². The summed E-state index contributed by atoms with van der Waals surface area (Å²) in [6, 6.07) is 6.42. The molecule has 4 N–H and O–H groups in total. The fraction of sp³-hybridized carbons (Fsp3) is 0.385. The Hall–Kier alpha value is -3.35. The van der Waals surface area contributed by atoms with Crippen molar-refractivity contribution in [1.82, 2.24) is 25.1 Å². The molecule has 0 amide bonds. The fourth-order valence-corrected chi connectivity index (χ4v) is 5.36. The van der Waals surface area contributed by atoms with Crippen LogP contribution < -0.4 is 15.8 Å². The summed E-state index contributed by atoms with van der Waals surface area (Å²) in [4.78, 5) is 19.5. The molecule has 14 heteroatoms. The number of rotatable bonds is 6. The first-order valence-corrected chi connectivity index (χ1v) is 12.7. The lowest BCUT2D eigenvalue weighted by atomic mass is 9.73. The molecule has 3 heterocycles. The standard InChI is InChI=1S/C26H26ClF3N6O3.ClH/c1-14-6-9-36(35-14)20-10-16(27)2-3-17(20)22(26(28,29)30)39-21-11-18(33-24(31)34-21)15-4-7-25(8-5-15)12-19(23(37)38)32-13-25;/h2-4,6,9-11,19,22,32H,5,7-8,12-13H2,1H3,(H,37,38)(H2,31,33,34);1H. The topological polar surface area (TPSA) is 128 Å².